The zero-order valence-electron chi connectivity index (χ0n) is 10.3. The molecule has 2 rings (SSSR count). The molecule has 0 saturated carbocycles. The van der Waals surface area contributed by atoms with Crippen molar-refractivity contribution in [3.8, 4) is 0 Å². The van der Waals surface area contributed by atoms with Gasteiger partial charge in [-0.05, 0) is 18.2 Å². The quantitative estimate of drug-likeness (QED) is 0.844. The van der Waals surface area contributed by atoms with E-state index >= 15 is 0 Å². The number of carboxylic acid groups (broad SMARTS) is 1. The molecule has 1 aliphatic heterocycles. The summed E-state index contributed by atoms with van der Waals surface area (Å²) in [7, 11) is 0. The van der Waals surface area contributed by atoms with Crippen LogP contribution >= 0.6 is 11.8 Å². The van der Waals surface area contributed by atoms with Crippen molar-refractivity contribution in [2.45, 2.75) is 6.18 Å². The van der Waals surface area contributed by atoms with Crippen LogP contribution in [0.5, 0.6) is 0 Å². The van der Waals surface area contributed by atoms with Gasteiger partial charge in [0.25, 0.3) is 0 Å². The molecule has 1 fully saturated rings. The number of rotatable bonds is 2. The van der Waals surface area contributed by atoms with Gasteiger partial charge in [-0.2, -0.15) is 13.2 Å². The van der Waals surface area contributed by atoms with Crippen LogP contribution in [0.1, 0.15) is 15.9 Å². The Labute approximate surface area is 120 Å². The number of halogens is 3. The standard InChI is InChI=1S/C12H8F3NO4S/c13-12(14,15)6-1-2-7(11(19)20)8(3-6)16-9(17)4-21-5-10(16)18/h1-3H,4-5H2,(H,19,20). The van der Waals surface area contributed by atoms with Gasteiger partial charge in [0, 0.05) is 0 Å². The van der Waals surface area contributed by atoms with E-state index in [0.717, 1.165) is 17.8 Å². The Morgan fingerprint density at radius 3 is 2.24 bits per heavy atom. The molecule has 1 heterocycles. The van der Waals surface area contributed by atoms with Gasteiger partial charge in [0.2, 0.25) is 11.8 Å². The monoisotopic (exact) mass is 319 g/mol. The van der Waals surface area contributed by atoms with Crippen molar-refractivity contribution in [1.29, 1.82) is 0 Å². The van der Waals surface area contributed by atoms with Gasteiger partial charge in [-0.3, -0.25) is 9.59 Å². The Kier molecular flexibility index (Phi) is 3.95. The molecule has 0 bridgehead atoms. The van der Waals surface area contributed by atoms with Crippen LogP contribution in [-0.2, 0) is 15.8 Å². The highest BCUT2D eigenvalue weighted by atomic mass is 32.2. The molecule has 1 N–H and O–H groups in total. The third-order valence-corrected chi connectivity index (χ3v) is 3.65. The lowest BCUT2D eigenvalue weighted by Crippen LogP contribution is -2.44. The molecule has 0 aromatic heterocycles. The van der Waals surface area contributed by atoms with Crippen LogP contribution in [0.2, 0.25) is 0 Å². The van der Waals surface area contributed by atoms with Crippen LogP contribution < -0.4 is 4.90 Å². The molecule has 1 saturated heterocycles. The van der Waals surface area contributed by atoms with Crippen molar-refractivity contribution in [3.63, 3.8) is 0 Å². The fourth-order valence-electron chi connectivity index (χ4n) is 1.84. The van der Waals surface area contributed by atoms with Crippen molar-refractivity contribution in [2.75, 3.05) is 16.4 Å². The number of hydrogen-bond acceptors (Lipinski definition) is 4. The summed E-state index contributed by atoms with van der Waals surface area (Å²) in [5.41, 5.74) is -2.20. The molecule has 0 unspecified atom stereocenters. The van der Waals surface area contributed by atoms with E-state index in [0.29, 0.717) is 17.0 Å². The number of alkyl halides is 3. The van der Waals surface area contributed by atoms with Crippen molar-refractivity contribution in [1.82, 2.24) is 0 Å². The first-order valence-electron chi connectivity index (χ1n) is 5.60. The predicted molar refractivity (Wildman–Crippen MR) is 68.2 cm³/mol. The fourth-order valence-corrected chi connectivity index (χ4v) is 2.55. The van der Waals surface area contributed by atoms with Crippen molar-refractivity contribution >= 4 is 35.2 Å². The first kappa shape index (κ1) is 15.4. The number of thioether (sulfide) groups is 1. The number of carbonyl (C=O) groups is 3. The molecular formula is C12H8F3NO4S. The highest BCUT2D eigenvalue weighted by Crippen LogP contribution is 2.34. The predicted octanol–water partition coefficient (Wildman–Crippen LogP) is 2.01. The van der Waals surface area contributed by atoms with Crippen molar-refractivity contribution in [2.24, 2.45) is 0 Å². The summed E-state index contributed by atoms with van der Waals surface area (Å²) in [5.74, 6) is -3.18. The summed E-state index contributed by atoms with van der Waals surface area (Å²) < 4.78 is 38.2. The Morgan fingerprint density at radius 1 is 1.19 bits per heavy atom. The molecule has 0 radical (unpaired) electrons. The number of aromatic carboxylic acids is 1. The zero-order chi connectivity index (χ0) is 15.8. The number of anilines is 1. The summed E-state index contributed by atoms with van der Waals surface area (Å²) in [6.45, 7) is 0. The van der Waals surface area contributed by atoms with Gasteiger partial charge in [0.1, 0.15) is 0 Å². The second kappa shape index (κ2) is 5.40. The number of carbonyl (C=O) groups excluding carboxylic acids is 2. The molecule has 2 amide bonds. The minimum Gasteiger partial charge on any atom is -0.478 e. The lowest BCUT2D eigenvalue weighted by molar-refractivity contribution is -0.137. The third kappa shape index (κ3) is 3.02. The number of hydrogen-bond donors (Lipinski definition) is 1. The molecule has 1 aromatic rings. The van der Waals surface area contributed by atoms with E-state index in [4.69, 9.17) is 5.11 Å². The Balaban J connectivity index is 2.60. The maximum absolute atomic E-state index is 12.7. The largest absolute Gasteiger partial charge is 0.478 e. The minimum absolute atomic E-state index is 0.0962. The molecule has 5 nitrogen and oxygen atoms in total. The molecule has 0 aliphatic carbocycles. The van der Waals surface area contributed by atoms with Crippen LogP contribution in [0.15, 0.2) is 18.2 Å². The zero-order valence-corrected chi connectivity index (χ0v) is 11.1. The summed E-state index contributed by atoms with van der Waals surface area (Å²) in [5, 5.41) is 9.03. The average molecular weight is 319 g/mol. The second-order valence-corrected chi connectivity index (χ2v) is 5.14. The minimum atomic E-state index is -4.71. The maximum atomic E-state index is 12.7. The van der Waals surface area contributed by atoms with Crippen LogP contribution in [0, 0.1) is 0 Å². The summed E-state index contributed by atoms with van der Waals surface area (Å²) in [4.78, 5) is 35.1. The van der Waals surface area contributed by atoms with E-state index in [1.807, 2.05) is 0 Å². The van der Waals surface area contributed by atoms with Gasteiger partial charge in [-0.25, -0.2) is 9.69 Å². The van der Waals surface area contributed by atoms with E-state index in [1.54, 1.807) is 0 Å². The molecular weight excluding hydrogens is 311 g/mol. The molecule has 21 heavy (non-hydrogen) atoms. The van der Waals surface area contributed by atoms with Crippen LogP contribution in [0.25, 0.3) is 0 Å². The third-order valence-electron chi connectivity index (χ3n) is 2.75. The Morgan fingerprint density at radius 2 is 1.76 bits per heavy atom. The first-order chi connectivity index (χ1) is 9.71. The van der Waals surface area contributed by atoms with Gasteiger partial charge < -0.3 is 5.11 Å². The topological polar surface area (TPSA) is 74.7 Å². The van der Waals surface area contributed by atoms with Gasteiger partial charge in [0.05, 0.1) is 28.3 Å². The van der Waals surface area contributed by atoms with Gasteiger partial charge in [0.15, 0.2) is 0 Å². The molecule has 1 aliphatic rings. The van der Waals surface area contributed by atoms with Crippen LogP contribution in [-0.4, -0.2) is 34.4 Å². The second-order valence-electron chi connectivity index (χ2n) is 4.15. The highest BCUT2D eigenvalue weighted by Gasteiger charge is 2.35. The number of carboxylic acids is 1. The van der Waals surface area contributed by atoms with E-state index < -0.39 is 40.8 Å². The van der Waals surface area contributed by atoms with Gasteiger partial charge in [-0.15, -0.1) is 11.8 Å². The molecule has 112 valence electrons. The van der Waals surface area contributed by atoms with E-state index in [-0.39, 0.29) is 11.5 Å². The number of imide groups is 1. The summed E-state index contributed by atoms with van der Waals surface area (Å²) in [6, 6.07) is 1.85. The normalized spacial score (nSPS) is 16.2. The van der Waals surface area contributed by atoms with E-state index in [2.05, 4.69) is 0 Å². The average Bonchev–Trinajstić information content (AvgIpc) is 2.37. The van der Waals surface area contributed by atoms with E-state index in [9.17, 15) is 27.6 Å². The van der Waals surface area contributed by atoms with Gasteiger partial charge in [-0.1, -0.05) is 0 Å². The lowest BCUT2D eigenvalue weighted by atomic mass is 10.1. The van der Waals surface area contributed by atoms with Crippen LogP contribution in [0.3, 0.4) is 0 Å². The summed E-state index contributed by atoms with van der Waals surface area (Å²) >= 11 is 1.02. The van der Waals surface area contributed by atoms with Crippen molar-refractivity contribution in [3.05, 3.63) is 29.3 Å². The smallest absolute Gasteiger partial charge is 0.416 e. The number of amides is 2. The van der Waals surface area contributed by atoms with Crippen molar-refractivity contribution < 1.29 is 32.7 Å². The number of nitrogens with zero attached hydrogens (tertiary/aromatic N) is 1. The molecule has 9 heteroatoms. The van der Waals surface area contributed by atoms with Crippen LogP contribution in [0.4, 0.5) is 18.9 Å². The SMILES string of the molecule is O=C(O)c1ccc(C(F)(F)F)cc1N1C(=O)CSCC1=O. The Hall–Kier alpha value is -2.03. The Bertz CT molecular complexity index is 613. The fraction of sp³-hybridized carbons (Fsp3) is 0.250. The molecule has 1 aromatic carbocycles. The maximum Gasteiger partial charge on any atom is 0.416 e. The molecule has 0 atom stereocenters. The molecule has 0 spiro atoms. The highest BCUT2D eigenvalue weighted by molar-refractivity contribution is 8.00. The number of benzene rings is 1. The lowest BCUT2D eigenvalue weighted by Gasteiger charge is -2.26. The first-order valence-corrected chi connectivity index (χ1v) is 6.75. The van der Waals surface area contributed by atoms with Gasteiger partial charge >= 0.3 is 12.1 Å². The van der Waals surface area contributed by atoms with E-state index in [1.165, 1.54) is 0 Å². The summed E-state index contributed by atoms with van der Waals surface area (Å²) in [6.07, 6.45) is -4.71.